The molecule has 0 bridgehead atoms. The summed E-state index contributed by atoms with van der Waals surface area (Å²) < 4.78 is 0. The topological polar surface area (TPSA) is 15.3 Å². The molecule has 1 aliphatic heterocycles. The highest BCUT2D eigenvalue weighted by Crippen LogP contribution is 2.40. The Morgan fingerprint density at radius 2 is 2.00 bits per heavy atom. The Hall–Kier alpha value is -0.730. The van der Waals surface area contributed by atoms with Gasteiger partial charge in [0.05, 0.1) is 0 Å². The molecule has 1 aliphatic rings. The van der Waals surface area contributed by atoms with Crippen molar-refractivity contribution in [3.63, 3.8) is 0 Å². The first-order valence-corrected chi connectivity index (χ1v) is 8.64. The number of nitrogens with zero attached hydrogens (tertiary/aromatic N) is 1. The molecule has 1 aromatic rings. The minimum absolute atomic E-state index is 0.487. The molecule has 0 spiro atoms. The van der Waals surface area contributed by atoms with Crippen LogP contribution in [-0.2, 0) is 6.54 Å². The molecule has 0 aromatic heterocycles. The van der Waals surface area contributed by atoms with Gasteiger partial charge in [-0.3, -0.25) is 0 Å². The fourth-order valence-corrected chi connectivity index (χ4v) is 3.48. The highest BCUT2D eigenvalue weighted by Gasteiger charge is 2.35. The van der Waals surface area contributed by atoms with E-state index >= 15 is 0 Å². The zero-order chi connectivity index (χ0) is 15.5. The summed E-state index contributed by atoms with van der Waals surface area (Å²) in [5, 5.41) is 4.35. The van der Waals surface area contributed by atoms with Crippen molar-refractivity contribution in [3.05, 3.63) is 28.8 Å². The van der Waals surface area contributed by atoms with Crippen molar-refractivity contribution in [2.45, 2.75) is 59.5 Å². The SMILES string of the molecule is CCC1(CC)CCN(c2ccc(Cl)cc2CNC(C)C)C1. The number of halogens is 1. The van der Waals surface area contributed by atoms with Crippen LogP contribution in [0.4, 0.5) is 5.69 Å². The van der Waals surface area contributed by atoms with Crippen molar-refractivity contribution in [1.82, 2.24) is 5.32 Å². The molecule has 3 heteroatoms. The van der Waals surface area contributed by atoms with Crippen LogP contribution in [0.1, 0.15) is 52.5 Å². The maximum absolute atomic E-state index is 6.20. The minimum atomic E-state index is 0.487. The van der Waals surface area contributed by atoms with E-state index in [2.05, 4.69) is 50.0 Å². The van der Waals surface area contributed by atoms with Crippen LogP contribution in [0.2, 0.25) is 5.02 Å². The number of nitrogens with one attached hydrogen (secondary N) is 1. The molecule has 0 aliphatic carbocycles. The van der Waals surface area contributed by atoms with E-state index in [0.29, 0.717) is 11.5 Å². The van der Waals surface area contributed by atoms with Crippen LogP contribution in [-0.4, -0.2) is 19.1 Å². The first kappa shape index (κ1) is 16.6. The Balaban J connectivity index is 2.19. The number of anilines is 1. The Labute approximate surface area is 134 Å². The molecule has 1 N–H and O–H groups in total. The fraction of sp³-hybridized carbons (Fsp3) is 0.667. The van der Waals surface area contributed by atoms with E-state index in [-0.39, 0.29) is 0 Å². The van der Waals surface area contributed by atoms with Gasteiger partial charge in [-0.15, -0.1) is 0 Å². The molecule has 0 unspecified atom stereocenters. The van der Waals surface area contributed by atoms with Crippen molar-refractivity contribution in [2.75, 3.05) is 18.0 Å². The summed E-state index contributed by atoms with van der Waals surface area (Å²) >= 11 is 6.20. The second kappa shape index (κ2) is 7.02. The molecule has 2 nitrogen and oxygen atoms in total. The van der Waals surface area contributed by atoms with Crippen LogP contribution in [0.5, 0.6) is 0 Å². The molecule has 0 amide bonds. The summed E-state index contributed by atoms with van der Waals surface area (Å²) in [5.41, 5.74) is 3.18. The van der Waals surface area contributed by atoms with E-state index in [1.54, 1.807) is 0 Å². The van der Waals surface area contributed by atoms with Gasteiger partial charge in [0, 0.05) is 36.4 Å². The lowest BCUT2D eigenvalue weighted by Gasteiger charge is -2.28. The van der Waals surface area contributed by atoms with Crippen LogP contribution in [0.15, 0.2) is 18.2 Å². The monoisotopic (exact) mass is 308 g/mol. The van der Waals surface area contributed by atoms with Gasteiger partial charge in [-0.1, -0.05) is 39.3 Å². The Bertz CT molecular complexity index is 466. The molecule has 1 saturated heterocycles. The summed E-state index contributed by atoms with van der Waals surface area (Å²) in [4.78, 5) is 2.56. The van der Waals surface area contributed by atoms with Crippen molar-refractivity contribution in [2.24, 2.45) is 5.41 Å². The van der Waals surface area contributed by atoms with Gasteiger partial charge < -0.3 is 10.2 Å². The maximum Gasteiger partial charge on any atom is 0.0413 e. The van der Waals surface area contributed by atoms with Gasteiger partial charge in [-0.05, 0) is 48.4 Å². The second-order valence-corrected chi connectivity index (χ2v) is 7.12. The van der Waals surface area contributed by atoms with Gasteiger partial charge in [-0.25, -0.2) is 0 Å². The summed E-state index contributed by atoms with van der Waals surface area (Å²) in [6, 6.07) is 6.82. The summed E-state index contributed by atoms with van der Waals surface area (Å²) in [5.74, 6) is 0. The molecule has 118 valence electrons. The van der Waals surface area contributed by atoms with Crippen LogP contribution >= 0.6 is 11.6 Å². The largest absolute Gasteiger partial charge is 0.371 e. The highest BCUT2D eigenvalue weighted by molar-refractivity contribution is 6.30. The lowest BCUT2D eigenvalue weighted by molar-refractivity contribution is 0.301. The van der Waals surface area contributed by atoms with Gasteiger partial charge >= 0.3 is 0 Å². The van der Waals surface area contributed by atoms with E-state index in [1.165, 1.54) is 37.1 Å². The van der Waals surface area contributed by atoms with Gasteiger partial charge in [0.2, 0.25) is 0 Å². The summed E-state index contributed by atoms with van der Waals surface area (Å²) in [6.07, 6.45) is 3.85. The quantitative estimate of drug-likeness (QED) is 0.807. The first-order valence-electron chi connectivity index (χ1n) is 8.26. The first-order chi connectivity index (χ1) is 9.99. The molecule has 0 saturated carbocycles. The number of hydrogen-bond donors (Lipinski definition) is 1. The Morgan fingerprint density at radius 1 is 1.29 bits per heavy atom. The minimum Gasteiger partial charge on any atom is -0.371 e. The van der Waals surface area contributed by atoms with Crippen molar-refractivity contribution >= 4 is 17.3 Å². The third kappa shape index (κ3) is 3.92. The zero-order valence-corrected chi connectivity index (χ0v) is 14.6. The maximum atomic E-state index is 6.20. The normalized spacial score (nSPS) is 17.7. The smallest absolute Gasteiger partial charge is 0.0413 e. The van der Waals surface area contributed by atoms with Gasteiger partial charge in [0.25, 0.3) is 0 Å². The molecule has 0 atom stereocenters. The number of benzene rings is 1. The average Bonchev–Trinajstić information content (AvgIpc) is 2.90. The lowest BCUT2D eigenvalue weighted by Crippen LogP contribution is -2.28. The Morgan fingerprint density at radius 3 is 2.57 bits per heavy atom. The van der Waals surface area contributed by atoms with E-state index in [1.807, 2.05) is 6.07 Å². The molecule has 1 aromatic carbocycles. The fourth-order valence-electron chi connectivity index (χ4n) is 3.29. The molecule has 21 heavy (non-hydrogen) atoms. The van der Waals surface area contributed by atoms with E-state index in [0.717, 1.165) is 18.1 Å². The van der Waals surface area contributed by atoms with Crippen LogP contribution < -0.4 is 10.2 Å². The van der Waals surface area contributed by atoms with Gasteiger partial charge in [0.1, 0.15) is 0 Å². The number of rotatable bonds is 6. The van der Waals surface area contributed by atoms with Gasteiger partial charge in [-0.2, -0.15) is 0 Å². The predicted molar refractivity (Wildman–Crippen MR) is 93.3 cm³/mol. The number of hydrogen-bond acceptors (Lipinski definition) is 2. The molecule has 2 rings (SSSR count). The summed E-state index contributed by atoms with van der Waals surface area (Å²) in [6.45, 7) is 12.2. The predicted octanol–water partition coefficient (Wildman–Crippen LogP) is 4.85. The second-order valence-electron chi connectivity index (χ2n) is 6.69. The Kier molecular flexibility index (Phi) is 5.56. The van der Waals surface area contributed by atoms with Crippen LogP contribution in [0.3, 0.4) is 0 Å². The van der Waals surface area contributed by atoms with Crippen LogP contribution in [0.25, 0.3) is 0 Å². The van der Waals surface area contributed by atoms with E-state index in [4.69, 9.17) is 11.6 Å². The molecule has 1 fully saturated rings. The van der Waals surface area contributed by atoms with E-state index < -0.39 is 0 Å². The molecular weight excluding hydrogens is 280 g/mol. The lowest BCUT2D eigenvalue weighted by atomic mass is 9.82. The molecule has 1 heterocycles. The van der Waals surface area contributed by atoms with Gasteiger partial charge in [0.15, 0.2) is 0 Å². The molecular formula is C18H29ClN2. The van der Waals surface area contributed by atoms with Crippen molar-refractivity contribution in [1.29, 1.82) is 0 Å². The average molecular weight is 309 g/mol. The van der Waals surface area contributed by atoms with Crippen molar-refractivity contribution in [3.8, 4) is 0 Å². The third-order valence-corrected chi connectivity index (χ3v) is 5.26. The summed E-state index contributed by atoms with van der Waals surface area (Å²) in [7, 11) is 0. The highest BCUT2D eigenvalue weighted by atomic mass is 35.5. The standard InChI is InChI=1S/C18H29ClN2/c1-5-18(6-2)9-10-21(13-18)17-8-7-16(19)11-15(17)12-20-14(3)4/h7-8,11,14,20H,5-6,9-10,12-13H2,1-4H3. The van der Waals surface area contributed by atoms with Crippen LogP contribution in [0, 0.1) is 5.41 Å². The molecule has 0 radical (unpaired) electrons. The van der Waals surface area contributed by atoms with Crippen molar-refractivity contribution < 1.29 is 0 Å². The third-order valence-electron chi connectivity index (χ3n) is 5.02. The van der Waals surface area contributed by atoms with E-state index in [9.17, 15) is 0 Å². The zero-order valence-electron chi connectivity index (χ0n) is 13.9.